The fourth-order valence-electron chi connectivity index (χ4n) is 3.41. The van der Waals surface area contributed by atoms with Crippen molar-refractivity contribution in [1.29, 1.82) is 0 Å². The lowest BCUT2D eigenvalue weighted by Crippen LogP contribution is -2.16. The quantitative estimate of drug-likeness (QED) is 0.348. The summed E-state index contributed by atoms with van der Waals surface area (Å²) in [5.41, 5.74) is 2.98. The molecule has 0 spiro atoms. The number of hydrogen-bond donors (Lipinski definition) is 1. The Morgan fingerprint density at radius 1 is 0.933 bits per heavy atom. The number of aromatic nitrogens is 2. The number of carbonyl (C=O) groups is 1. The first-order valence-corrected chi connectivity index (χ1v) is 10.5. The maximum atomic E-state index is 12.4. The summed E-state index contributed by atoms with van der Waals surface area (Å²) in [7, 11) is 0. The first-order valence-electron chi connectivity index (χ1n) is 10.5. The van der Waals surface area contributed by atoms with Crippen LogP contribution in [-0.4, -0.2) is 15.9 Å². The van der Waals surface area contributed by atoms with Crippen LogP contribution < -0.4 is 10.1 Å². The number of anilines is 1. The lowest BCUT2D eigenvalue weighted by atomic mass is 10.0. The molecule has 5 nitrogen and oxygen atoms in total. The van der Waals surface area contributed by atoms with Crippen molar-refractivity contribution >= 4 is 11.9 Å². The van der Waals surface area contributed by atoms with Gasteiger partial charge in [-0.25, -0.2) is 14.8 Å². The number of nitrogens with one attached hydrogen (secondary N) is 1. The predicted molar refractivity (Wildman–Crippen MR) is 120 cm³/mol. The van der Waals surface area contributed by atoms with E-state index in [4.69, 9.17) is 4.74 Å². The normalized spacial score (nSPS) is 11.7. The molecule has 2 aromatic carbocycles. The molecule has 1 unspecified atom stereocenters. The fourth-order valence-corrected chi connectivity index (χ4v) is 3.41. The van der Waals surface area contributed by atoms with E-state index in [9.17, 15) is 4.79 Å². The predicted octanol–water partition coefficient (Wildman–Crippen LogP) is 6.05. The molecule has 1 atom stereocenters. The molecular weight excluding hydrogens is 374 g/mol. The standard InChI is InChI=1S/C25H29N3O2/c1-4-5-8-17-22(20-13-9-6-10-14-20)28-25-26-18(2)23(19(3)27-25)30-24(29)21-15-11-7-12-16-21/h6-7,9-16,22H,4-5,8,17H2,1-3H3,(H,26,27,28). The van der Waals surface area contributed by atoms with Crippen molar-refractivity contribution in [3.8, 4) is 5.75 Å². The van der Waals surface area contributed by atoms with Crippen molar-refractivity contribution < 1.29 is 9.53 Å². The van der Waals surface area contributed by atoms with Gasteiger partial charge in [0.1, 0.15) is 0 Å². The van der Waals surface area contributed by atoms with Crippen LogP contribution in [0.3, 0.4) is 0 Å². The highest BCUT2D eigenvalue weighted by Crippen LogP contribution is 2.27. The van der Waals surface area contributed by atoms with E-state index in [-0.39, 0.29) is 6.04 Å². The largest absolute Gasteiger partial charge is 0.419 e. The molecule has 0 aliphatic rings. The number of unbranched alkanes of at least 4 members (excludes halogenated alkanes) is 2. The maximum absolute atomic E-state index is 12.4. The molecule has 3 aromatic rings. The van der Waals surface area contributed by atoms with E-state index >= 15 is 0 Å². The van der Waals surface area contributed by atoms with Gasteiger partial charge in [0.15, 0.2) is 5.75 Å². The number of hydrogen-bond acceptors (Lipinski definition) is 5. The number of esters is 1. The molecule has 30 heavy (non-hydrogen) atoms. The van der Waals surface area contributed by atoms with Gasteiger partial charge in [0.25, 0.3) is 0 Å². The van der Waals surface area contributed by atoms with E-state index in [1.165, 1.54) is 18.4 Å². The lowest BCUT2D eigenvalue weighted by Gasteiger charge is -2.20. The minimum Gasteiger partial charge on any atom is -0.419 e. The van der Waals surface area contributed by atoms with Crippen molar-refractivity contribution in [2.75, 3.05) is 5.32 Å². The summed E-state index contributed by atoms with van der Waals surface area (Å²) in [5.74, 6) is 0.555. The van der Waals surface area contributed by atoms with Gasteiger partial charge in [-0.05, 0) is 38.0 Å². The van der Waals surface area contributed by atoms with E-state index in [1.807, 2.05) is 50.2 Å². The molecular formula is C25H29N3O2. The Morgan fingerprint density at radius 2 is 1.53 bits per heavy atom. The molecule has 0 fully saturated rings. The van der Waals surface area contributed by atoms with Gasteiger partial charge in [0, 0.05) is 0 Å². The second kappa shape index (κ2) is 10.5. The molecule has 0 aliphatic carbocycles. The van der Waals surface area contributed by atoms with Crippen LogP contribution in [0.15, 0.2) is 60.7 Å². The topological polar surface area (TPSA) is 64.1 Å². The highest BCUT2D eigenvalue weighted by atomic mass is 16.5. The molecule has 1 heterocycles. The zero-order valence-corrected chi connectivity index (χ0v) is 17.9. The van der Waals surface area contributed by atoms with E-state index in [0.717, 1.165) is 12.8 Å². The Labute approximate surface area is 178 Å². The Bertz CT molecular complexity index is 936. The van der Waals surface area contributed by atoms with Crippen molar-refractivity contribution in [2.45, 2.75) is 52.5 Å². The van der Waals surface area contributed by atoms with E-state index in [0.29, 0.717) is 28.6 Å². The van der Waals surface area contributed by atoms with Gasteiger partial charge < -0.3 is 10.1 Å². The molecule has 5 heteroatoms. The number of aryl methyl sites for hydroxylation is 2. The molecule has 0 bridgehead atoms. The highest BCUT2D eigenvalue weighted by Gasteiger charge is 2.18. The summed E-state index contributed by atoms with van der Waals surface area (Å²) in [6.45, 7) is 5.88. The van der Waals surface area contributed by atoms with Gasteiger partial charge in [-0.1, -0.05) is 74.7 Å². The van der Waals surface area contributed by atoms with Crippen LogP contribution >= 0.6 is 0 Å². The second-order valence-corrected chi connectivity index (χ2v) is 7.41. The maximum Gasteiger partial charge on any atom is 0.343 e. The summed E-state index contributed by atoms with van der Waals surface area (Å²) < 4.78 is 5.59. The van der Waals surface area contributed by atoms with Crippen molar-refractivity contribution in [3.63, 3.8) is 0 Å². The van der Waals surface area contributed by atoms with Crippen LogP contribution in [-0.2, 0) is 0 Å². The smallest absolute Gasteiger partial charge is 0.343 e. The molecule has 1 N–H and O–H groups in total. The minimum absolute atomic E-state index is 0.134. The molecule has 0 radical (unpaired) electrons. The van der Waals surface area contributed by atoms with Crippen molar-refractivity contribution in [2.24, 2.45) is 0 Å². The number of nitrogens with zero attached hydrogens (tertiary/aromatic N) is 2. The summed E-state index contributed by atoms with van der Waals surface area (Å²) in [6, 6.07) is 19.4. The molecule has 0 amide bonds. The average molecular weight is 404 g/mol. The number of rotatable bonds is 9. The zero-order valence-electron chi connectivity index (χ0n) is 17.9. The molecule has 156 valence electrons. The van der Waals surface area contributed by atoms with Crippen molar-refractivity contribution in [1.82, 2.24) is 9.97 Å². The van der Waals surface area contributed by atoms with Crippen LogP contribution in [0.2, 0.25) is 0 Å². The number of benzene rings is 2. The summed E-state index contributed by atoms with van der Waals surface area (Å²) in [5, 5.41) is 3.49. The first kappa shape index (κ1) is 21.5. The van der Waals surface area contributed by atoms with Crippen LogP contribution in [0.5, 0.6) is 5.75 Å². The Hall–Kier alpha value is -3.21. The van der Waals surface area contributed by atoms with Crippen LogP contribution in [0.4, 0.5) is 5.95 Å². The second-order valence-electron chi connectivity index (χ2n) is 7.41. The molecule has 1 aromatic heterocycles. The molecule has 0 saturated heterocycles. The molecule has 3 rings (SSSR count). The van der Waals surface area contributed by atoms with Gasteiger partial charge in [-0.3, -0.25) is 0 Å². The van der Waals surface area contributed by atoms with Gasteiger partial charge in [0.05, 0.1) is 23.0 Å². The van der Waals surface area contributed by atoms with E-state index < -0.39 is 5.97 Å². The van der Waals surface area contributed by atoms with Crippen LogP contribution in [0, 0.1) is 13.8 Å². The third-order valence-corrected chi connectivity index (χ3v) is 5.01. The van der Waals surface area contributed by atoms with Crippen LogP contribution in [0.25, 0.3) is 0 Å². The van der Waals surface area contributed by atoms with Gasteiger partial charge in [0.2, 0.25) is 5.95 Å². The van der Waals surface area contributed by atoms with E-state index in [1.54, 1.807) is 12.1 Å². The Balaban J connectivity index is 1.78. The SMILES string of the molecule is CCCCCC(Nc1nc(C)c(OC(=O)c2ccccc2)c(C)n1)c1ccccc1. The monoisotopic (exact) mass is 403 g/mol. The van der Waals surface area contributed by atoms with Gasteiger partial charge in [-0.15, -0.1) is 0 Å². The lowest BCUT2D eigenvalue weighted by molar-refractivity contribution is 0.0730. The summed E-state index contributed by atoms with van der Waals surface area (Å²) in [4.78, 5) is 21.6. The summed E-state index contributed by atoms with van der Waals surface area (Å²) >= 11 is 0. The van der Waals surface area contributed by atoms with Crippen molar-refractivity contribution in [3.05, 3.63) is 83.2 Å². The van der Waals surface area contributed by atoms with Crippen LogP contribution in [0.1, 0.15) is 66.0 Å². The summed E-state index contributed by atoms with van der Waals surface area (Å²) in [6.07, 6.45) is 4.51. The number of carbonyl (C=O) groups excluding carboxylic acids is 1. The molecule has 0 aliphatic heterocycles. The Morgan fingerprint density at radius 3 is 2.13 bits per heavy atom. The van der Waals surface area contributed by atoms with Gasteiger partial charge in [-0.2, -0.15) is 0 Å². The average Bonchev–Trinajstić information content (AvgIpc) is 2.77. The zero-order chi connectivity index (χ0) is 21.3. The van der Waals surface area contributed by atoms with E-state index in [2.05, 4.69) is 34.3 Å². The third-order valence-electron chi connectivity index (χ3n) is 5.01. The van der Waals surface area contributed by atoms with Gasteiger partial charge >= 0.3 is 5.97 Å². The molecule has 0 saturated carbocycles. The first-order chi connectivity index (χ1) is 14.6. The Kier molecular flexibility index (Phi) is 7.55. The highest BCUT2D eigenvalue weighted by molar-refractivity contribution is 5.91. The third kappa shape index (κ3) is 5.66. The number of ether oxygens (including phenoxy) is 1. The minimum atomic E-state index is -0.409. The fraction of sp³-hybridized carbons (Fsp3) is 0.320.